The van der Waals surface area contributed by atoms with Gasteiger partial charge >= 0.3 is 0 Å². The Morgan fingerprint density at radius 2 is 2.00 bits per heavy atom. The van der Waals surface area contributed by atoms with Crippen LogP contribution in [0.5, 0.6) is 0 Å². The molecule has 2 heteroatoms. The molecule has 0 heterocycles. The van der Waals surface area contributed by atoms with Crippen molar-refractivity contribution in [2.24, 2.45) is 0 Å². The second-order valence-corrected chi connectivity index (χ2v) is 4.62. The van der Waals surface area contributed by atoms with Crippen LogP contribution in [0.15, 0.2) is 6.07 Å². The Hall–Kier alpha value is -1.49. The van der Waals surface area contributed by atoms with Crippen LogP contribution in [-0.4, -0.2) is 0 Å². The summed E-state index contributed by atoms with van der Waals surface area (Å²) in [5.74, 6) is 0.642. The fourth-order valence-electron chi connectivity index (χ4n) is 2.66. The average Bonchev–Trinajstić information content (AvgIpc) is 2.96. The third kappa shape index (κ3) is 1.23. The van der Waals surface area contributed by atoms with Crippen LogP contribution >= 0.6 is 0 Å². The van der Waals surface area contributed by atoms with Crippen LogP contribution in [0.4, 0.5) is 5.69 Å². The van der Waals surface area contributed by atoms with Gasteiger partial charge in [0.2, 0.25) is 0 Å². The maximum absolute atomic E-state index is 9.13. The molecule has 0 aromatic heterocycles. The van der Waals surface area contributed by atoms with Crippen molar-refractivity contribution in [3.8, 4) is 6.07 Å². The Morgan fingerprint density at radius 1 is 1.27 bits per heavy atom. The van der Waals surface area contributed by atoms with Gasteiger partial charge in [-0.2, -0.15) is 5.26 Å². The lowest BCUT2D eigenvalue weighted by atomic mass is 9.95. The number of fused-ring (bicyclic) bond motifs is 1. The highest BCUT2D eigenvalue weighted by Crippen LogP contribution is 2.46. The molecule has 15 heavy (non-hydrogen) atoms. The maximum Gasteiger partial charge on any atom is 0.0994 e. The highest BCUT2D eigenvalue weighted by atomic mass is 14.6. The van der Waals surface area contributed by atoms with E-state index >= 15 is 0 Å². The summed E-state index contributed by atoms with van der Waals surface area (Å²) in [6.07, 6.45) is 5.74. The van der Waals surface area contributed by atoms with Gasteiger partial charge in [-0.05, 0) is 60.8 Å². The van der Waals surface area contributed by atoms with E-state index < -0.39 is 0 Å². The first-order valence-corrected chi connectivity index (χ1v) is 5.65. The van der Waals surface area contributed by atoms with Crippen molar-refractivity contribution in [3.05, 3.63) is 28.3 Å². The number of nitrogens with zero attached hydrogens (tertiary/aromatic N) is 1. The molecule has 2 aliphatic carbocycles. The molecule has 0 unspecified atom stereocenters. The van der Waals surface area contributed by atoms with E-state index in [0.717, 1.165) is 30.5 Å². The predicted molar refractivity (Wildman–Crippen MR) is 59.6 cm³/mol. The summed E-state index contributed by atoms with van der Waals surface area (Å²) in [6, 6.07) is 4.36. The third-order valence-corrected chi connectivity index (χ3v) is 3.62. The topological polar surface area (TPSA) is 49.8 Å². The highest BCUT2D eigenvalue weighted by Gasteiger charge is 2.29. The molecule has 0 aliphatic heterocycles. The van der Waals surface area contributed by atoms with Crippen molar-refractivity contribution in [1.29, 1.82) is 5.26 Å². The second kappa shape index (κ2) is 3.00. The molecule has 2 nitrogen and oxygen atoms in total. The fraction of sp³-hybridized carbons (Fsp3) is 0.462. The van der Waals surface area contributed by atoms with Crippen molar-refractivity contribution < 1.29 is 0 Å². The van der Waals surface area contributed by atoms with Crippen molar-refractivity contribution in [1.82, 2.24) is 0 Å². The quantitative estimate of drug-likeness (QED) is 0.705. The van der Waals surface area contributed by atoms with Gasteiger partial charge in [0.15, 0.2) is 0 Å². The van der Waals surface area contributed by atoms with Crippen molar-refractivity contribution in [2.75, 3.05) is 5.73 Å². The molecule has 3 rings (SSSR count). The molecular weight excluding hydrogens is 184 g/mol. The van der Waals surface area contributed by atoms with Gasteiger partial charge in [0.1, 0.15) is 0 Å². The number of benzene rings is 1. The molecule has 76 valence electrons. The number of rotatable bonds is 1. The van der Waals surface area contributed by atoms with Gasteiger partial charge in [-0.15, -0.1) is 0 Å². The van der Waals surface area contributed by atoms with E-state index in [1.165, 1.54) is 29.5 Å². The molecule has 0 bridgehead atoms. The lowest BCUT2D eigenvalue weighted by molar-refractivity contribution is 0.911. The van der Waals surface area contributed by atoms with E-state index in [0.29, 0.717) is 5.92 Å². The zero-order valence-corrected chi connectivity index (χ0v) is 8.71. The summed E-state index contributed by atoms with van der Waals surface area (Å²) < 4.78 is 0. The SMILES string of the molecule is N#Cc1cc(C2CC2)c(N)c2c1CCC2. The third-order valence-electron chi connectivity index (χ3n) is 3.62. The van der Waals surface area contributed by atoms with Gasteiger partial charge < -0.3 is 5.73 Å². The van der Waals surface area contributed by atoms with Crippen LogP contribution in [-0.2, 0) is 12.8 Å². The number of nitriles is 1. The Balaban J connectivity index is 2.23. The summed E-state index contributed by atoms with van der Waals surface area (Å²) in [4.78, 5) is 0. The van der Waals surface area contributed by atoms with Crippen LogP contribution < -0.4 is 5.73 Å². The molecule has 0 atom stereocenters. The number of hydrogen-bond acceptors (Lipinski definition) is 2. The van der Waals surface area contributed by atoms with Crippen molar-refractivity contribution in [3.63, 3.8) is 0 Å². The highest BCUT2D eigenvalue weighted by molar-refractivity contribution is 5.65. The van der Waals surface area contributed by atoms with E-state index in [2.05, 4.69) is 6.07 Å². The largest absolute Gasteiger partial charge is 0.398 e. The lowest BCUT2D eigenvalue weighted by Gasteiger charge is -2.11. The van der Waals surface area contributed by atoms with Crippen LogP contribution in [0.2, 0.25) is 0 Å². The zero-order valence-electron chi connectivity index (χ0n) is 8.71. The Bertz CT molecular complexity index is 464. The Morgan fingerprint density at radius 3 is 2.67 bits per heavy atom. The summed E-state index contributed by atoms with van der Waals surface area (Å²) in [5, 5.41) is 9.13. The minimum Gasteiger partial charge on any atom is -0.398 e. The minimum absolute atomic E-state index is 0.642. The number of hydrogen-bond donors (Lipinski definition) is 1. The molecule has 1 aromatic carbocycles. The van der Waals surface area contributed by atoms with Gasteiger partial charge in [-0.3, -0.25) is 0 Å². The first kappa shape index (κ1) is 8.79. The van der Waals surface area contributed by atoms with Crippen LogP contribution in [0.3, 0.4) is 0 Å². The fourth-order valence-corrected chi connectivity index (χ4v) is 2.66. The second-order valence-electron chi connectivity index (χ2n) is 4.62. The summed E-state index contributed by atoms with van der Waals surface area (Å²) in [6.45, 7) is 0. The zero-order chi connectivity index (χ0) is 10.4. The van der Waals surface area contributed by atoms with Crippen LogP contribution in [0.1, 0.15) is 47.4 Å². The summed E-state index contributed by atoms with van der Waals surface area (Å²) in [7, 11) is 0. The van der Waals surface area contributed by atoms with Crippen LogP contribution in [0, 0.1) is 11.3 Å². The molecule has 1 aromatic rings. The molecule has 0 saturated heterocycles. The smallest absolute Gasteiger partial charge is 0.0994 e. The summed E-state index contributed by atoms with van der Waals surface area (Å²) in [5.41, 5.74) is 11.8. The molecule has 0 amide bonds. The Kier molecular flexibility index (Phi) is 1.76. The van der Waals surface area contributed by atoms with E-state index in [1.807, 2.05) is 6.07 Å². The predicted octanol–water partition coefficient (Wildman–Crippen LogP) is 2.51. The normalized spacial score (nSPS) is 18.6. The number of nitrogen functional groups attached to an aromatic ring is 1. The van der Waals surface area contributed by atoms with Crippen LogP contribution in [0.25, 0.3) is 0 Å². The molecule has 1 fully saturated rings. The van der Waals surface area contributed by atoms with E-state index in [4.69, 9.17) is 11.0 Å². The van der Waals surface area contributed by atoms with E-state index in [1.54, 1.807) is 0 Å². The molecule has 1 saturated carbocycles. The first-order chi connectivity index (χ1) is 7.31. The monoisotopic (exact) mass is 198 g/mol. The molecular formula is C13H14N2. The number of nitrogens with two attached hydrogens (primary N) is 1. The van der Waals surface area contributed by atoms with Gasteiger partial charge in [0, 0.05) is 5.69 Å². The van der Waals surface area contributed by atoms with Crippen molar-refractivity contribution in [2.45, 2.75) is 38.0 Å². The number of anilines is 1. The van der Waals surface area contributed by atoms with Gasteiger partial charge in [-0.25, -0.2) is 0 Å². The van der Waals surface area contributed by atoms with Gasteiger partial charge in [0.05, 0.1) is 11.6 Å². The Labute approximate surface area is 89.7 Å². The van der Waals surface area contributed by atoms with E-state index in [-0.39, 0.29) is 0 Å². The van der Waals surface area contributed by atoms with Gasteiger partial charge in [-0.1, -0.05) is 0 Å². The molecule has 0 spiro atoms. The minimum atomic E-state index is 0.642. The molecule has 2 aliphatic rings. The summed E-state index contributed by atoms with van der Waals surface area (Å²) >= 11 is 0. The molecule has 2 N–H and O–H groups in total. The van der Waals surface area contributed by atoms with Gasteiger partial charge in [0.25, 0.3) is 0 Å². The standard InChI is InChI=1S/C13H14N2/c14-7-9-6-12(8-4-5-8)13(15)11-3-1-2-10(9)11/h6,8H,1-5,15H2. The average molecular weight is 198 g/mol. The first-order valence-electron chi connectivity index (χ1n) is 5.65. The lowest BCUT2D eigenvalue weighted by Crippen LogP contribution is -2.01. The molecule has 0 radical (unpaired) electrons. The van der Waals surface area contributed by atoms with E-state index in [9.17, 15) is 0 Å². The van der Waals surface area contributed by atoms with Crippen molar-refractivity contribution >= 4 is 5.69 Å². The maximum atomic E-state index is 9.13.